The summed E-state index contributed by atoms with van der Waals surface area (Å²) in [6.45, 7) is 0.505. The number of hydrogen-bond acceptors (Lipinski definition) is 3. The molecule has 0 fully saturated rings. The molecule has 0 atom stereocenters. The Balaban J connectivity index is 2.57. The normalized spacial score (nSPS) is 11.9. The highest BCUT2D eigenvalue weighted by atomic mass is 16.1. The Labute approximate surface area is 88.3 Å². The Hall–Kier alpha value is -2.10. The van der Waals surface area contributed by atoms with Crippen molar-refractivity contribution in [1.82, 2.24) is 0 Å². The summed E-state index contributed by atoms with van der Waals surface area (Å²) in [5.74, 6) is -0.575. The molecule has 0 aromatic heterocycles. The summed E-state index contributed by atoms with van der Waals surface area (Å²) in [6, 6.07) is 9.69. The van der Waals surface area contributed by atoms with Crippen molar-refractivity contribution in [2.24, 2.45) is 16.5 Å². The Bertz CT molecular complexity index is 382. The van der Waals surface area contributed by atoms with Gasteiger partial charge in [0, 0.05) is 12.4 Å². The highest BCUT2D eigenvalue weighted by Crippen LogP contribution is 2.00. The molecule has 0 bridgehead atoms. The molecular formula is C11H13N3O. The lowest BCUT2D eigenvalue weighted by Crippen LogP contribution is -2.16. The fourth-order valence-corrected chi connectivity index (χ4v) is 1.02. The average Bonchev–Trinajstić information content (AvgIpc) is 2.25. The second-order valence-corrected chi connectivity index (χ2v) is 2.94. The van der Waals surface area contributed by atoms with Crippen LogP contribution in [0.15, 0.2) is 47.1 Å². The van der Waals surface area contributed by atoms with E-state index in [1.54, 1.807) is 0 Å². The Morgan fingerprint density at radius 3 is 2.53 bits per heavy atom. The number of rotatable bonds is 4. The summed E-state index contributed by atoms with van der Waals surface area (Å²) < 4.78 is 0. The molecule has 0 saturated heterocycles. The van der Waals surface area contributed by atoms with Gasteiger partial charge in [-0.15, -0.1) is 0 Å². The largest absolute Gasteiger partial charge is 0.404 e. The van der Waals surface area contributed by atoms with E-state index in [9.17, 15) is 4.79 Å². The van der Waals surface area contributed by atoms with E-state index >= 15 is 0 Å². The van der Waals surface area contributed by atoms with Crippen LogP contribution in [0.1, 0.15) is 5.56 Å². The van der Waals surface area contributed by atoms with Crippen molar-refractivity contribution in [2.45, 2.75) is 6.54 Å². The minimum Gasteiger partial charge on any atom is -0.404 e. The smallest absolute Gasteiger partial charge is 0.251 e. The first-order chi connectivity index (χ1) is 7.24. The number of carbonyl (C=O) groups excluding carboxylic acids is 1. The number of aliphatic imine (C=N–C) groups is 1. The molecule has 0 radical (unpaired) electrons. The van der Waals surface area contributed by atoms with E-state index in [0.717, 1.165) is 11.8 Å². The number of nitrogens with two attached hydrogens (primary N) is 2. The molecule has 1 aromatic carbocycles. The van der Waals surface area contributed by atoms with Crippen LogP contribution in [0.2, 0.25) is 0 Å². The number of hydrogen-bond donors (Lipinski definition) is 2. The van der Waals surface area contributed by atoms with E-state index < -0.39 is 5.91 Å². The second kappa shape index (κ2) is 5.59. The van der Waals surface area contributed by atoms with Crippen LogP contribution in [0.4, 0.5) is 0 Å². The maximum absolute atomic E-state index is 10.8. The molecule has 0 unspecified atom stereocenters. The monoisotopic (exact) mass is 203 g/mol. The molecule has 1 amide bonds. The highest BCUT2D eigenvalue weighted by molar-refractivity contribution is 6.11. The predicted molar refractivity (Wildman–Crippen MR) is 60.1 cm³/mol. The van der Waals surface area contributed by atoms with Crippen molar-refractivity contribution < 1.29 is 4.79 Å². The minimum atomic E-state index is -0.575. The van der Waals surface area contributed by atoms with Crippen LogP contribution in [0, 0.1) is 0 Å². The molecule has 4 N–H and O–H groups in total. The molecular weight excluding hydrogens is 190 g/mol. The molecule has 4 nitrogen and oxygen atoms in total. The molecule has 0 aliphatic rings. The van der Waals surface area contributed by atoms with Gasteiger partial charge in [0.1, 0.15) is 0 Å². The van der Waals surface area contributed by atoms with Gasteiger partial charge in [-0.2, -0.15) is 0 Å². The Kier molecular flexibility index (Phi) is 4.09. The molecule has 0 aliphatic heterocycles. The maximum atomic E-state index is 10.8. The zero-order valence-electron chi connectivity index (χ0n) is 8.26. The van der Waals surface area contributed by atoms with Gasteiger partial charge >= 0.3 is 0 Å². The average molecular weight is 203 g/mol. The van der Waals surface area contributed by atoms with Crippen molar-refractivity contribution in [1.29, 1.82) is 0 Å². The zero-order valence-corrected chi connectivity index (χ0v) is 8.26. The third-order valence-electron chi connectivity index (χ3n) is 1.81. The molecule has 15 heavy (non-hydrogen) atoms. The fourth-order valence-electron chi connectivity index (χ4n) is 1.02. The lowest BCUT2D eigenvalue weighted by molar-refractivity contribution is -0.114. The minimum absolute atomic E-state index is 0.214. The standard InChI is InChI=1S/C11H13N3O/c12-6-10(11(13)15)8-14-7-9-4-2-1-3-5-9/h1-6,8H,7,12H2,(H2,13,15). The molecule has 1 aromatic rings. The van der Waals surface area contributed by atoms with Crippen molar-refractivity contribution in [3.8, 4) is 0 Å². The summed E-state index contributed by atoms with van der Waals surface area (Å²) in [7, 11) is 0. The lowest BCUT2D eigenvalue weighted by Gasteiger charge is -1.95. The van der Waals surface area contributed by atoms with E-state index in [4.69, 9.17) is 11.5 Å². The van der Waals surface area contributed by atoms with E-state index in [0.29, 0.717) is 6.54 Å². The first-order valence-corrected chi connectivity index (χ1v) is 4.49. The van der Waals surface area contributed by atoms with Gasteiger partial charge in [0.25, 0.3) is 5.91 Å². The van der Waals surface area contributed by atoms with E-state index in [2.05, 4.69) is 4.99 Å². The highest BCUT2D eigenvalue weighted by Gasteiger charge is 1.98. The van der Waals surface area contributed by atoms with Crippen molar-refractivity contribution in [2.75, 3.05) is 0 Å². The summed E-state index contributed by atoms with van der Waals surface area (Å²) in [5.41, 5.74) is 11.5. The Morgan fingerprint density at radius 2 is 2.00 bits per heavy atom. The molecule has 1 rings (SSSR count). The molecule has 4 heteroatoms. The van der Waals surface area contributed by atoms with Crippen LogP contribution < -0.4 is 11.5 Å². The number of nitrogens with zero attached hydrogens (tertiary/aromatic N) is 1. The summed E-state index contributed by atoms with van der Waals surface area (Å²) >= 11 is 0. The molecule has 0 spiro atoms. The summed E-state index contributed by atoms with van der Waals surface area (Å²) in [5, 5.41) is 0. The number of carbonyl (C=O) groups is 1. The fraction of sp³-hybridized carbons (Fsp3) is 0.0909. The van der Waals surface area contributed by atoms with Crippen LogP contribution >= 0.6 is 0 Å². The number of primary amides is 1. The van der Waals surface area contributed by atoms with Gasteiger partial charge in [0.2, 0.25) is 0 Å². The molecule has 0 aliphatic carbocycles. The van der Waals surface area contributed by atoms with E-state index in [1.807, 2.05) is 30.3 Å². The van der Waals surface area contributed by atoms with Crippen LogP contribution in [0.3, 0.4) is 0 Å². The number of amides is 1. The zero-order chi connectivity index (χ0) is 11.1. The van der Waals surface area contributed by atoms with Gasteiger partial charge in [-0.1, -0.05) is 30.3 Å². The maximum Gasteiger partial charge on any atom is 0.251 e. The third-order valence-corrected chi connectivity index (χ3v) is 1.81. The molecule has 0 saturated carbocycles. The summed E-state index contributed by atoms with van der Waals surface area (Å²) in [6.07, 6.45) is 2.53. The van der Waals surface area contributed by atoms with Crippen LogP contribution in [-0.4, -0.2) is 12.1 Å². The predicted octanol–water partition coefficient (Wildman–Crippen LogP) is 0.585. The summed E-state index contributed by atoms with van der Waals surface area (Å²) in [4.78, 5) is 14.8. The van der Waals surface area contributed by atoms with Crippen LogP contribution in [0.5, 0.6) is 0 Å². The van der Waals surface area contributed by atoms with E-state index in [-0.39, 0.29) is 5.57 Å². The van der Waals surface area contributed by atoms with Crippen molar-refractivity contribution >= 4 is 12.1 Å². The Morgan fingerprint density at radius 1 is 1.33 bits per heavy atom. The van der Waals surface area contributed by atoms with Gasteiger partial charge in [0.15, 0.2) is 0 Å². The van der Waals surface area contributed by atoms with Crippen molar-refractivity contribution in [3.05, 3.63) is 47.7 Å². The van der Waals surface area contributed by atoms with Crippen molar-refractivity contribution in [3.63, 3.8) is 0 Å². The molecule has 0 heterocycles. The third kappa shape index (κ3) is 3.64. The van der Waals surface area contributed by atoms with Gasteiger partial charge in [-0.25, -0.2) is 0 Å². The lowest BCUT2D eigenvalue weighted by atomic mass is 10.2. The van der Waals surface area contributed by atoms with Gasteiger partial charge in [0.05, 0.1) is 12.1 Å². The van der Waals surface area contributed by atoms with E-state index in [1.165, 1.54) is 6.21 Å². The quantitative estimate of drug-likeness (QED) is 0.554. The first-order valence-electron chi connectivity index (χ1n) is 4.49. The molecule has 78 valence electrons. The topological polar surface area (TPSA) is 81.5 Å². The van der Waals surface area contributed by atoms with Gasteiger partial charge in [-0.05, 0) is 5.56 Å². The second-order valence-electron chi connectivity index (χ2n) is 2.94. The van der Waals surface area contributed by atoms with Crippen LogP contribution in [0.25, 0.3) is 0 Å². The van der Waals surface area contributed by atoms with Gasteiger partial charge < -0.3 is 11.5 Å². The van der Waals surface area contributed by atoms with Gasteiger partial charge in [-0.3, -0.25) is 9.79 Å². The SMILES string of the molecule is NC=C(C=NCc1ccccc1)C(N)=O. The first kappa shape index (κ1) is 11.0. The number of benzene rings is 1. The van der Waals surface area contributed by atoms with Crippen LogP contribution in [-0.2, 0) is 11.3 Å².